The Kier molecular flexibility index (Phi) is 3.03. The zero-order valence-corrected chi connectivity index (χ0v) is 7.46. The molecule has 0 heterocycles. The molecule has 0 radical (unpaired) electrons. The van der Waals surface area contributed by atoms with Crippen molar-refractivity contribution in [1.29, 1.82) is 0 Å². The van der Waals surface area contributed by atoms with Crippen molar-refractivity contribution in [2.45, 2.75) is 6.04 Å². The summed E-state index contributed by atoms with van der Waals surface area (Å²) in [6.07, 6.45) is 1.54. The van der Waals surface area contributed by atoms with Gasteiger partial charge in [0.1, 0.15) is 0 Å². The standard InChI is InChI=1S/C10H12FNO/c1-3-9(12)7-5-4-6-8(11)10(7)13-2/h3-6,9H,1,12H2,2H3/t9-/m0/s1. The molecule has 1 rings (SSSR count). The maximum atomic E-state index is 13.1. The second-order valence-electron chi connectivity index (χ2n) is 2.62. The summed E-state index contributed by atoms with van der Waals surface area (Å²) in [6, 6.07) is 4.24. The summed E-state index contributed by atoms with van der Waals surface area (Å²) in [6.45, 7) is 3.54. The molecule has 0 aliphatic rings. The molecule has 0 aliphatic heterocycles. The third-order valence-electron chi connectivity index (χ3n) is 1.81. The zero-order chi connectivity index (χ0) is 9.84. The number of hydrogen-bond acceptors (Lipinski definition) is 2. The second-order valence-corrected chi connectivity index (χ2v) is 2.62. The molecule has 0 spiro atoms. The maximum Gasteiger partial charge on any atom is 0.165 e. The van der Waals surface area contributed by atoms with Crippen molar-refractivity contribution in [2.24, 2.45) is 5.73 Å². The Bertz CT molecular complexity index is 312. The molecular formula is C10H12FNO. The quantitative estimate of drug-likeness (QED) is 0.724. The number of nitrogens with two attached hydrogens (primary N) is 1. The van der Waals surface area contributed by atoms with Gasteiger partial charge in [0.25, 0.3) is 0 Å². The predicted octanol–water partition coefficient (Wildman–Crippen LogP) is 2.02. The summed E-state index contributed by atoms with van der Waals surface area (Å²) in [4.78, 5) is 0. The first-order valence-corrected chi connectivity index (χ1v) is 3.91. The van der Waals surface area contributed by atoms with Crippen molar-refractivity contribution < 1.29 is 9.13 Å². The highest BCUT2D eigenvalue weighted by molar-refractivity contribution is 5.38. The normalized spacial score (nSPS) is 12.2. The van der Waals surface area contributed by atoms with Crippen LogP contribution in [-0.2, 0) is 0 Å². The fraction of sp³-hybridized carbons (Fsp3) is 0.200. The zero-order valence-electron chi connectivity index (χ0n) is 7.46. The minimum Gasteiger partial charge on any atom is -0.493 e. The van der Waals surface area contributed by atoms with Crippen LogP contribution in [0.2, 0.25) is 0 Å². The lowest BCUT2D eigenvalue weighted by Gasteiger charge is -2.12. The highest BCUT2D eigenvalue weighted by Gasteiger charge is 2.12. The smallest absolute Gasteiger partial charge is 0.165 e. The first-order valence-electron chi connectivity index (χ1n) is 3.91. The molecule has 0 amide bonds. The van der Waals surface area contributed by atoms with E-state index in [2.05, 4.69) is 6.58 Å². The van der Waals surface area contributed by atoms with Crippen LogP contribution in [0.15, 0.2) is 30.9 Å². The molecule has 0 aromatic heterocycles. The molecule has 70 valence electrons. The van der Waals surface area contributed by atoms with Gasteiger partial charge in [-0.15, -0.1) is 6.58 Å². The number of hydrogen-bond donors (Lipinski definition) is 1. The number of methoxy groups -OCH3 is 1. The molecule has 0 fully saturated rings. The van der Waals surface area contributed by atoms with Gasteiger partial charge in [-0.2, -0.15) is 0 Å². The van der Waals surface area contributed by atoms with E-state index in [1.54, 1.807) is 12.1 Å². The van der Waals surface area contributed by atoms with E-state index in [0.29, 0.717) is 5.56 Å². The van der Waals surface area contributed by atoms with Gasteiger partial charge in [0, 0.05) is 5.56 Å². The van der Waals surface area contributed by atoms with Gasteiger partial charge in [0.05, 0.1) is 13.2 Å². The lowest BCUT2D eigenvalue weighted by Crippen LogP contribution is -2.09. The maximum absolute atomic E-state index is 13.1. The van der Waals surface area contributed by atoms with E-state index < -0.39 is 11.9 Å². The van der Waals surface area contributed by atoms with Crippen LogP contribution in [0.1, 0.15) is 11.6 Å². The van der Waals surface area contributed by atoms with Crippen LogP contribution in [0.25, 0.3) is 0 Å². The van der Waals surface area contributed by atoms with Gasteiger partial charge >= 0.3 is 0 Å². The Morgan fingerprint density at radius 2 is 2.31 bits per heavy atom. The van der Waals surface area contributed by atoms with E-state index in [1.807, 2.05) is 0 Å². The van der Waals surface area contributed by atoms with E-state index in [9.17, 15) is 4.39 Å². The molecule has 0 unspecified atom stereocenters. The van der Waals surface area contributed by atoms with Crippen LogP contribution in [0.3, 0.4) is 0 Å². The van der Waals surface area contributed by atoms with Crippen LogP contribution in [0, 0.1) is 5.82 Å². The van der Waals surface area contributed by atoms with Gasteiger partial charge in [-0.05, 0) is 6.07 Å². The van der Waals surface area contributed by atoms with Gasteiger partial charge in [-0.3, -0.25) is 0 Å². The summed E-state index contributed by atoms with van der Waals surface area (Å²) in [5.74, 6) is -0.216. The summed E-state index contributed by atoms with van der Waals surface area (Å²) in [5.41, 5.74) is 6.28. The van der Waals surface area contributed by atoms with E-state index in [1.165, 1.54) is 19.3 Å². The van der Waals surface area contributed by atoms with E-state index >= 15 is 0 Å². The molecular weight excluding hydrogens is 169 g/mol. The van der Waals surface area contributed by atoms with E-state index in [-0.39, 0.29) is 5.75 Å². The fourth-order valence-electron chi connectivity index (χ4n) is 1.13. The minimum absolute atomic E-state index is 0.190. The molecule has 0 saturated carbocycles. The minimum atomic E-state index is -0.405. The first-order chi connectivity index (χ1) is 6.20. The first kappa shape index (κ1) is 9.74. The van der Waals surface area contributed by atoms with Crippen molar-refractivity contribution in [3.8, 4) is 5.75 Å². The van der Waals surface area contributed by atoms with Gasteiger partial charge in [-0.1, -0.05) is 18.2 Å². The molecule has 2 nitrogen and oxygen atoms in total. The highest BCUT2D eigenvalue weighted by atomic mass is 19.1. The average Bonchev–Trinajstić information content (AvgIpc) is 2.16. The Hall–Kier alpha value is -1.35. The number of halogens is 1. The largest absolute Gasteiger partial charge is 0.493 e. The summed E-state index contributed by atoms with van der Waals surface area (Å²) in [7, 11) is 1.41. The molecule has 13 heavy (non-hydrogen) atoms. The van der Waals surface area contributed by atoms with E-state index in [0.717, 1.165) is 0 Å². The van der Waals surface area contributed by atoms with Crippen LogP contribution < -0.4 is 10.5 Å². The van der Waals surface area contributed by atoms with Gasteiger partial charge in [0.2, 0.25) is 0 Å². The van der Waals surface area contributed by atoms with Crippen LogP contribution in [0.5, 0.6) is 5.75 Å². The van der Waals surface area contributed by atoms with Crippen molar-refractivity contribution in [2.75, 3.05) is 7.11 Å². The molecule has 0 saturated heterocycles. The fourth-order valence-corrected chi connectivity index (χ4v) is 1.13. The Morgan fingerprint density at radius 1 is 1.62 bits per heavy atom. The van der Waals surface area contributed by atoms with Crippen LogP contribution in [-0.4, -0.2) is 7.11 Å². The van der Waals surface area contributed by atoms with Crippen molar-refractivity contribution in [3.63, 3.8) is 0 Å². The Balaban J connectivity index is 3.19. The van der Waals surface area contributed by atoms with E-state index in [4.69, 9.17) is 10.5 Å². The van der Waals surface area contributed by atoms with Gasteiger partial charge in [-0.25, -0.2) is 4.39 Å². The van der Waals surface area contributed by atoms with Crippen LogP contribution in [0.4, 0.5) is 4.39 Å². The lowest BCUT2D eigenvalue weighted by molar-refractivity contribution is 0.380. The Morgan fingerprint density at radius 3 is 2.85 bits per heavy atom. The summed E-state index contributed by atoms with van der Waals surface area (Å²) in [5, 5.41) is 0. The van der Waals surface area contributed by atoms with Gasteiger partial charge < -0.3 is 10.5 Å². The second kappa shape index (κ2) is 4.05. The topological polar surface area (TPSA) is 35.2 Å². The van der Waals surface area contributed by atoms with Gasteiger partial charge in [0.15, 0.2) is 11.6 Å². The molecule has 1 aromatic carbocycles. The predicted molar refractivity (Wildman–Crippen MR) is 50.1 cm³/mol. The SMILES string of the molecule is C=C[C@H](N)c1cccc(F)c1OC. The number of ether oxygens (including phenoxy) is 1. The molecule has 0 bridgehead atoms. The van der Waals surface area contributed by atoms with Crippen molar-refractivity contribution >= 4 is 0 Å². The molecule has 2 N–H and O–H groups in total. The Labute approximate surface area is 76.8 Å². The number of benzene rings is 1. The summed E-state index contributed by atoms with van der Waals surface area (Å²) < 4.78 is 18.0. The molecule has 1 aromatic rings. The van der Waals surface area contributed by atoms with Crippen molar-refractivity contribution in [3.05, 3.63) is 42.2 Å². The van der Waals surface area contributed by atoms with Crippen LogP contribution >= 0.6 is 0 Å². The monoisotopic (exact) mass is 181 g/mol. The highest BCUT2D eigenvalue weighted by Crippen LogP contribution is 2.26. The third kappa shape index (κ3) is 1.87. The average molecular weight is 181 g/mol. The molecule has 1 atom stereocenters. The summed E-state index contributed by atoms with van der Waals surface area (Å²) >= 11 is 0. The number of para-hydroxylation sites is 1. The van der Waals surface area contributed by atoms with Crippen molar-refractivity contribution in [1.82, 2.24) is 0 Å². The number of rotatable bonds is 3. The lowest BCUT2D eigenvalue weighted by atomic mass is 10.1. The molecule has 3 heteroatoms. The molecule has 0 aliphatic carbocycles. The third-order valence-corrected chi connectivity index (χ3v) is 1.81.